The molecule has 0 atom stereocenters. The number of carboxylic acid groups (broad SMARTS) is 1. The van der Waals surface area contributed by atoms with Crippen molar-refractivity contribution >= 4 is 23.5 Å². The first kappa shape index (κ1) is 17.7. The van der Waals surface area contributed by atoms with E-state index in [-0.39, 0.29) is 19.0 Å². The van der Waals surface area contributed by atoms with Crippen molar-refractivity contribution in [3.8, 4) is 5.75 Å². The molecule has 1 amide bonds. The van der Waals surface area contributed by atoms with Gasteiger partial charge < -0.3 is 15.2 Å². The number of aromatic nitrogens is 3. The molecule has 1 aromatic heterocycles. The van der Waals surface area contributed by atoms with Crippen LogP contribution < -0.4 is 10.1 Å². The minimum absolute atomic E-state index is 0.109. The predicted molar refractivity (Wildman–Crippen MR) is 86.1 cm³/mol. The number of halogens is 1. The number of nitrogens with one attached hydrogen (secondary N) is 1. The molecule has 0 saturated heterocycles. The summed E-state index contributed by atoms with van der Waals surface area (Å²) in [5.41, 5.74) is 0.775. The van der Waals surface area contributed by atoms with Gasteiger partial charge in [0.05, 0.1) is 24.9 Å². The van der Waals surface area contributed by atoms with Crippen LogP contribution in [0.4, 0.5) is 0 Å². The summed E-state index contributed by atoms with van der Waals surface area (Å²) < 4.78 is 6.73. The van der Waals surface area contributed by atoms with Gasteiger partial charge in [0.1, 0.15) is 18.0 Å². The molecule has 0 radical (unpaired) electrons. The third-order valence-electron chi connectivity index (χ3n) is 2.96. The number of ether oxygens (including phenoxy) is 1. The quantitative estimate of drug-likeness (QED) is 0.749. The molecule has 0 spiro atoms. The fraction of sp³-hybridized carbons (Fsp3) is 0.333. The molecule has 8 nitrogen and oxygen atoms in total. The first-order valence-corrected chi connectivity index (χ1v) is 7.68. The number of hydrogen-bond donors (Lipinski definition) is 2. The second-order valence-electron chi connectivity index (χ2n) is 4.97. The van der Waals surface area contributed by atoms with E-state index in [2.05, 4.69) is 15.6 Å². The Bertz CT molecular complexity index is 732. The van der Waals surface area contributed by atoms with Gasteiger partial charge in [0, 0.05) is 5.02 Å². The van der Waals surface area contributed by atoms with E-state index in [4.69, 9.17) is 21.4 Å². The molecule has 2 N–H and O–H groups in total. The van der Waals surface area contributed by atoms with Crippen LogP contribution in [0, 0.1) is 0 Å². The SMILES string of the molecule is CCCOc1ccc(Cl)cc1C(=O)NCc1cn(CC(=O)O)nn1. The molecular weight excluding hydrogens is 336 g/mol. The van der Waals surface area contributed by atoms with Crippen molar-refractivity contribution < 1.29 is 19.4 Å². The van der Waals surface area contributed by atoms with Crippen molar-refractivity contribution in [1.29, 1.82) is 0 Å². The highest BCUT2D eigenvalue weighted by Crippen LogP contribution is 2.23. The third kappa shape index (κ3) is 4.95. The lowest BCUT2D eigenvalue weighted by Crippen LogP contribution is -2.23. The van der Waals surface area contributed by atoms with Crippen molar-refractivity contribution in [1.82, 2.24) is 20.3 Å². The molecular formula is C15H17ClN4O4. The average Bonchev–Trinajstić information content (AvgIpc) is 2.98. The molecule has 0 fully saturated rings. The van der Waals surface area contributed by atoms with Crippen LogP contribution in [-0.2, 0) is 17.9 Å². The van der Waals surface area contributed by atoms with E-state index in [0.717, 1.165) is 6.42 Å². The maximum Gasteiger partial charge on any atom is 0.325 e. The Hall–Kier alpha value is -2.61. The van der Waals surface area contributed by atoms with E-state index < -0.39 is 5.97 Å². The smallest absolute Gasteiger partial charge is 0.325 e. The number of aliphatic carboxylic acids is 1. The lowest BCUT2D eigenvalue weighted by molar-refractivity contribution is -0.137. The molecule has 24 heavy (non-hydrogen) atoms. The minimum atomic E-state index is -1.02. The summed E-state index contributed by atoms with van der Waals surface area (Å²) in [6, 6.07) is 4.83. The first-order valence-electron chi connectivity index (χ1n) is 7.31. The zero-order valence-electron chi connectivity index (χ0n) is 13.0. The minimum Gasteiger partial charge on any atom is -0.493 e. The Morgan fingerprint density at radius 2 is 2.21 bits per heavy atom. The second-order valence-corrected chi connectivity index (χ2v) is 5.41. The van der Waals surface area contributed by atoms with Gasteiger partial charge in [0.25, 0.3) is 5.91 Å². The fourth-order valence-corrected chi connectivity index (χ4v) is 2.09. The Morgan fingerprint density at radius 3 is 2.92 bits per heavy atom. The maximum atomic E-state index is 12.3. The number of carbonyl (C=O) groups is 2. The van der Waals surface area contributed by atoms with Gasteiger partial charge in [-0.15, -0.1) is 5.10 Å². The van der Waals surface area contributed by atoms with Crippen LogP contribution >= 0.6 is 11.6 Å². The summed E-state index contributed by atoms with van der Waals surface area (Å²) >= 11 is 5.95. The lowest BCUT2D eigenvalue weighted by atomic mass is 10.2. The summed E-state index contributed by atoms with van der Waals surface area (Å²) in [6.45, 7) is 2.28. The molecule has 128 valence electrons. The molecule has 0 aliphatic rings. The molecule has 1 heterocycles. The monoisotopic (exact) mass is 352 g/mol. The van der Waals surface area contributed by atoms with Crippen LogP contribution in [0.25, 0.3) is 0 Å². The molecule has 0 aliphatic carbocycles. The summed E-state index contributed by atoms with van der Waals surface area (Å²) in [6.07, 6.45) is 2.28. The van der Waals surface area contributed by atoms with Gasteiger partial charge in [-0.05, 0) is 24.6 Å². The van der Waals surface area contributed by atoms with E-state index in [1.54, 1.807) is 12.1 Å². The van der Waals surface area contributed by atoms with E-state index in [1.807, 2.05) is 6.92 Å². The number of amides is 1. The van der Waals surface area contributed by atoms with Gasteiger partial charge in [-0.25, -0.2) is 4.68 Å². The van der Waals surface area contributed by atoms with E-state index in [9.17, 15) is 9.59 Å². The van der Waals surface area contributed by atoms with E-state index >= 15 is 0 Å². The van der Waals surface area contributed by atoms with Crippen molar-refractivity contribution in [2.75, 3.05) is 6.61 Å². The van der Waals surface area contributed by atoms with Gasteiger partial charge in [-0.3, -0.25) is 9.59 Å². The highest BCUT2D eigenvalue weighted by atomic mass is 35.5. The molecule has 0 saturated carbocycles. The zero-order valence-corrected chi connectivity index (χ0v) is 13.8. The molecule has 0 unspecified atom stereocenters. The predicted octanol–water partition coefficient (Wildman–Crippen LogP) is 1.73. The molecule has 0 bridgehead atoms. The Labute approximate surface area is 143 Å². The number of hydrogen-bond acceptors (Lipinski definition) is 5. The average molecular weight is 353 g/mol. The summed E-state index contributed by atoms with van der Waals surface area (Å²) in [5.74, 6) is -0.934. The fourth-order valence-electron chi connectivity index (χ4n) is 1.92. The van der Waals surface area contributed by atoms with Crippen molar-refractivity contribution in [2.24, 2.45) is 0 Å². The van der Waals surface area contributed by atoms with Crippen LogP contribution in [0.1, 0.15) is 29.4 Å². The van der Waals surface area contributed by atoms with E-state index in [0.29, 0.717) is 28.6 Å². The largest absolute Gasteiger partial charge is 0.493 e. The Balaban J connectivity index is 2.02. The number of carbonyl (C=O) groups excluding carboxylic acids is 1. The van der Waals surface area contributed by atoms with Gasteiger partial charge in [-0.2, -0.15) is 0 Å². The van der Waals surface area contributed by atoms with E-state index in [1.165, 1.54) is 16.9 Å². The highest BCUT2D eigenvalue weighted by Gasteiger charge is 2.14. The van der Waals surface area contributed by atoms with Crippen LogP contribution in [-0.4, -0.2) is 38.6 Å². The van der Waals surface area contributed by atoms with Crippen LogP contribution in [0.15, 0.2) is 24.4 Å². The Morgan fingerprint density at radius 1 is 1.42 bits per heavy atom. The molecule has 9 heteroatoms. The number of carboxylic acids is 1. The normalized spacial score (nSPS) is 10.4. The standard InChI is InChI=1S/C15H17ClN4O4/c1-2-5-24-13-4-3-10(16)6-12(13)15(23)17-7-11-8-20(19-18-11)9-14(21)22/h3-4,6,8H,2,5,7,9H2,1H3,(H,17,23)(H,21,22). The molecule has 0 aliphatic heterocycles. The second kappa shape index (κ2) is 8.30. The topological polar surface area (TPSA) is 106 Å². The number of benzene rings is 1. The summed E-state index contributed by atoms with van der Waals surface area (Å²) in [4.78, 5) is 22.9. The first-order chi connectivity index (χ1) is 11.5. The molecule has 2 aromatic rings. The van der Waals surface area contributed by atoms with Crippen LogP contribution in [0.2, 0.25) is 5.02 Å². The van der Waals surface area contributed by atoms with Gasteiger partial charge in [0.15, 0.2) is 0 Å². The Kier molecular flexibility index (Phi) is 6.14. The van der Waals surface area contributed by atoms with Gasteiger partial charge >= 0.3 is 5.97 Å². The van der Waals surface area contributed by atoms with Gasteiger partial charge in [-0.1, -0.05) is 23.7 Å². The van der Waals surface area contributed by atoms with Crippen molar-refractivity contribution in [3.63, 3.8) is 0 Å². The number of nitrogens with zero attached hydrogens (tertiary/aromatic N) is 3. The molecule has 2 rings (SSSR count). The summed E-state index contributed by atoms with van der Waals surface area (Å²) in [7, 11) is 0. The molecule has 1 aromatic carbocycles. The van der Waals surface area contributed by atoms with Crippen molar-refractivity contribution in [3.05, 3.63) is 40.7 Å². The lowest BCUT2D eigenvalue weighted by Gasteiger charge is -2.11. The third-order valence-corrected chi connectivity index (χ3v) is 3.20. The van der Waals surface area contributed by atoms with Crippen molar-refractivity contribution in [2.45, 2.75) is 26.4 Å². The van der Waals surface area contributed by atoms with Gasteiger partial charge in [0.2, 0.25) is 0 Å². The van der Waals surface area contributed by atoms with Crippen LogP contribution in [0.5, 0.6) is 5.75 Å². The van der Waals surface area contributed by atoms with Crippen LogP contribution in [0.3, 0.4) is 0 Å². The highest BCUT2D eigenvalue weighted by molar-refractivity contribution is 6.31. The zero-order chi connectivity index (χ0) is 17.5. The number of rotatable bonds is 8. The summed E-state index contributed by atoms with van der Waals surface area (Å²) in [5, 5.41) is 19.3. The maximum absolute atomic E-state index is 12.3.